The summed E-state index contributed by atoms with van der Waals surface area (Å²) in [6.07, 6.45) is 5.04. The standard InChI is InChI=1S/C32H30BClF4N4O4/c34-23-10-16(1-8-24(23)35)28-29-22(33(15-45-29)32(36,37)38)12-26(42-28)31(44,19-2-3-19)14-41-30(43)17-9-18(13-40-20-4-5-20)27(39)25(11-17)46-21-6-7-21/h1,8-13,19-21,39-40,44H,2-7,14-15H2,(H,41,43)/b18-13-,39-27?. The molecule has 0 bridgehead atoms. The highest BCUT2D eigenvalue weighted by molar-refractivity contribution is 6.77. The molecule has 46 heavy (non-hydrogen) atoms. The minimum Gasteiger partial charge on any atom is -0.499 e. The van der Waals surface area contributed by atoms with Crippen LogP contribution in [0.1, 0.15) is 44.2 Å². The number of ether oxygens (including phenoxy) is 2. The summed E-state index contributed by atoms with van der Waals surface area (Å²) in [5.74, 6) is -1.48. The van der Waals surface area contributed by atoms with E-state index in [1.54, 1.807) is 12.3 Å². The highest BCUT2D eigenvalue weighted by atomic mass is 35.5. The number of amides is 1. The quantitative estimate of drug-likeness (QED) is 0.219. The first kappa shape index (κ1) is 30.8. The maximum absolute atomic E-state index is 14.1. The van der Waals surface area contributed by atoms with Crippen LogP contribution in [0.15, 0.2) is 59.5 Å². The second kappa shape index (κ2) is 11.4. The zero-order valence-electron chi connectivity index (χ0n) is 24.5. The molecule has 2 aromatic rings. The summed E-state index contributed by atoms with van der Waals surface area (Å²) < 4.78 is 67.7. The van der Waals surface area contributed by atoms with Gasteiger partial charge in [0.15, 0.2) is 0 Å². The molecule has 4 aliphatic carbocycles. The number of rotatable bonds is 10. The van der Waals surface area contributed by atoms with E-state index in [0.29, 0.717) is 24.5 Å². The lowest BCUT2D eigenvalue weighted by Gasteiger charge is -2.30. The predicted octanol–water partition coefficient (Wildman–Crippen LogP) is 4.65. The van der Waals surface area contributed by atoms with E-state index in [4.69, 9.17) is 26.5 Å². The zero-order chi connectivity index (χ0) is 32.4. The van der Waals surface area contributed by atoms with Gasteiger partial charge in [-0.15, -0.1) is 0 Å². The summed E-state index contributed by atoms with van der Waals surface area (Å²) in [4.78, 5) is 18.1. The number of halogens is 5. The molecule has 3 saturated carbocycles. The van der Waals surface area contributed by atoms with Gasteiger partial charge >= 0.3 is 12.8 Å². The number of benzene rings is 1. The van der Waals surface area contributed by atoms with Gasteiger partial charge in [0.2, 0.25) is 0 Å². The number of pyridine rings is 1. The summed E-state index contributed by atoms with van der Waals surface area (Å²) in [6.45, 7) is -2.98. The maximum atomic E-state index is 14.1. The first-order chi connectivity index (χ1) is 21.9. The summed E-state index contributed by atoms with van der Waals surface area (Å²) in [5.41, 5.74) is -1.03. The molecule has 7 rings (SSSR count). The summed E-state index contributed by atoms with van der Waals surface area (Å²) in [5, 5.41) is 26.4. The fourth-order valence-corrected chi connectivity index (χ4v) is 5.85. The lowest BCUT2D eigenvalue weighted by atomic mass is 9.45. The van der Waals surface area contributed by atoms with Crippen LogP contribution in [0.2, 0.25) is 5.02 Å². The van der Waals surface area contributed by atoms with Gasteiger partial charge in [-0.3, -0.25) is 10.2 Å². The van der Waals surface area contributed by atoms with E-state index in [0.717, 1.165) is 31.7 Å². The Bertz CT molecular complexity index is 1720. The number of alkyl halides is 3. The number of nitrogens with one attached hydrogen (secondary N) is 3. The minimum absolute atomic E-state index is 0.00724. The number of hydrogen-bond donors (Lipinski definition) is 4. The molecule has 3 fully saturated rings. The molecule has 0 radical (unpaired) electrons. The van der Waals surface area contributed by atoms with Crippen molar-refractivity contribution in [1.82, 2.24) is 15.6 Å². The smallest absolute Gasteiger partial charge is 0.355 e. The van der Waals surface area contributed by atoms with E-state index < -0.39 is 36.6 Å². The molecule has 1 aliphatic heterocycles. The van der Waals surface area contributed by atoms with Crippen LogP contribution in [0.5, 0.6) is 5.75 Å². The van der Waals surface area contributed by atoms with Crippen LogP contribution in [0.4, 0.5) is 17.6 Å². The van der Waals surface area contributed by atoms with Crippen LogP contribution in [-0.2, 0) is 15.1 Å². The molecule has 1 aromatic heterocycles. The van der Waals surface area contributed by atoms with Gasteiger partial charge in [0.05, 0.1) is 29.9 Å². The maximum Gasteiger partial charge on any atom is 0.355 e. The Labute approximate surface area is 267 Å². The van der Waals surface area contributed by atoms with Gasteiger partial charge in [-0.2, -0.15) is 13.2 Å². The van der Waals surface area contributed by atoms with Crippen molar-refractivity contribution in [3.8, 4) is 17.0 Å². The normalized spacial score (nSPS) is 21.7. The van der Waals surface area contributed by atoms with E-state index in [2.05, 4.69) is 15.6 Å². The Morgan fingerprint density at radius 3 is 2.59 bits per heavy atom. The lowest BCUT2D eigenvalue weighted by Crippen LogP contribution is -2.47. The molecule has 14 heteroatoms. The van der Waals surface area contributed by atoms with Crippen LogP contribution in [0, 0.1) is 17.1 Å². The van der Waals surface area contributed by atoms with Crippen molar-refractivity contribution in [1.29, 1.82) is 5.41 Å². The van der Waals surface area contributed by atoms with Gasteiger partial charge in [-0.1, -0.05) is 11.6 Å². The van der Waals surface area contributed by atoms with Gasteiger partial charge < -0.3 is 25.2 Å². The second-order valence-electron chi connectivity index (χ2n) is 12.5. The molecule has 1 amide bonds. The van der Waals surface area contributed by atoms with Crippen molar-refractivity contribution in [2.45, 2.75) is 62.3 Å². The van der Waals surface area contributed by atoms with Gasteiger partial charge in [0.1, 0.15) is 34.3 Å². The SMILES string of the molecule is N=C1C(OC2CC2)=CC(C(=O)NCC(O)(c2cc3c(c(-c4ccc(F)c(Cl)c4)n2)OCB3C(F)(F)F)C2CC2)=C/C1=C/NC1CC1. The zero-order valence-corrected chi connectivity index (χ0v) is 25.3. The Balaban J connectivity index is 1.21. The highest BCUT2D eigenvalue weighted by Gasteiger charge is 2.53. The second-order valence-corrected chi connectivity index (χ2v) is 12.9. The number of carbonyl (C=O) groups is 1. The van der Waals surface area contributed by atoms with Crippen molar-refractivity contribution in [3.63, 3.8) is 0 Å². The molecule has 5 aliphatic rings. The molecule has 4 N–H and O–H groups in total. The average Bonchev–Trinajstić information content (AvgIpc) is 3.87. The Morgan fingerprint density at radius 1 is 1.17 bits per heavy atom. The summed E-state index contributed by atoms with van der Waals surface area (Å²) in [7, 11) is 0. The predicted molar refractivity (Wildman–Crippen MR) is 163 cm³/mol. The summed E-state index contributed by atoms with van der Waals surface area (Å²) >= 11 is 6.00. The van der Waals surface area contributed by atoms with Crippen molar-refractivity contribution in [2.75, 3.05) is 13.1 Å². The molecular weight excluding hydrogens is 627 g/mol. The third-order valence-corrected chi connectivity index (χ3v) is 9.13. The molecule has 0 saturated heterocycles. The van der Waals surface area contributed by atoms with Crippen molar-refractivity contribution in [3.05, 3.63) is 76.1 Å². The third kappa shape index (κ3) is 6.14. The fourth-order valence-electron chi connectivity index (χ4n) is 5.67. The monoisotopic (exact) mass is 656 g/mol. The van der Waals surface area contributed by atoms with Crippen LogP contribution in [0.25, 0.3) is 11.3 Å². The third-order valence-electron chi connectivity index (χ3n) is 8.84. The van der Waals surface area contributed by atoms with Crippen LogP contribution >= 0.6 is 11.6 Å². The van der Waals surface area contributed by atoms with Crippen molar-refractivity contribution >= 4 is 35.4 Å². The lowest BCUT2D eigenvalue weighted by molar-refractivity contribution is -0.118. The molecule has 1 aromatic carbocycles. The molecule has 0 spiro atoms. The number of nitrogens with zero attached hydrogens (tertiary/aromatic N) is 1. The molecule has 2 heterocycles. The Hall–Kier alpha value is -3.84. The van der Waals surface area contributed by atoms with E-state index in [-0.39, 0.29) is 68.8 Å². The van der Waals surface area contributed by atoms with Crippen LogP contribution in [-0.4, -0.2) is 59.7 Å². The van der Waals surface area contributed by atoms with E-state index in [9.17, 15) is 27.5 Å². The first-order valence-electron chi connectivity index (χ1n) is 15.3. The highest BCUT2D eigenvalue weighted by Crippen LogP contribution is 2.46. The van der Waals surface area contributed by atoms with Crippen molar-refractivity contribution in [2.24, 2.45) is 5.92 Å². The number of fused-ring (bicyclic) bond motifs is 1. The average molecular weight is 657 g/mol. The molecule has 1 unspecified atom stereocenters. The van der Waals surface area contributed by atoms with E-state index in [1.165, 1.54) is 24.3 Å². The molecule has 1 atom stereocenters. The van der Waals surface area contributed by atoms with Crippen molar-refractivity contribution < 1.29 is 36.9 Å². The number of allylic oxidation sites excluding steroid dienone is 2. The Morgan fingerprint density at radius 2 is 1.93 bits per heavy atom. The number of aliphatic hydroxyl groups is 1. The number of hydrogen-bond acceptors (Lipinski definition) is 7. The topological polar surface area (TPSA) is 117 Å². The molecule has 240 valence electrons. The van der Waals surface area contributed by atoms with E-state index >= 15 is 0 Å². The first-order valence-corrected chi connectivity index (χ1v) is 15.6. The van der Waals surface area contributed by atoms with E-state index in [1.807, 2.05) is 0 Å². The fraction of sp³-hybridized carbons (Fsp3) is 0.406. The number of aromatic nitrogens is 1. The molecular formula is C32H30BClF4N4O4. The number of carbonyl (C=O) groups excluding carboxylic acids is 1. The Kier molecular flexibility index (Phi) is 7.66. The largest absolute Gasteiger partial charge is 0.499 e. The van der Waals surface area contributed by atoms with Gasteiger partial charge in [0.25, 0.3) is 5.91 Å². The van der Waals surface area contributed by atoms with Gasteiger partial charge in [-0.05, 0) is 86.3 Å². The summed E-state index contributed by atoms with van der Waals surface area (Å²) in [6, 6.07) is 5.19. The molecule has 8 nitrogen and oxygen atoms in total. The van der Waals surface area contributed by atoms with Crippen LogP contribution < -0.4 is 20.8 Å². The minimum atomic E-state index is -4.64. The van der Waals surface area contributed by atoms with Gasteiger partial charge in [-0.25, -0.2) is 9.37 Å². The van der Waals surface area contributed by atoms with Gasteiger partial charge in [0, 0.05) is 29.0 Å². The van der Waals surface area contributed by atoms with Crippen LogP contribution in [0.3, 0.4) is 0 Å².